The van der Waals surface area contributed by atoms with Crippen LogP contribution in [0.25, 0.3) is 20.9 Å². The van der Waals surface area contributed by atoms with Crippen molar-refractivity contribution in [2.75, 3.05) is 52.9 Å². The molecule has 13 aliphatic rings. The highest BCUT2D eigenvalue weighted by molar-refractivity contribution is 5.25. The van der Waals surface area contributed by atoms with Gasteiger partial charge in [-0.1, -0.05) is 281 Å². The molecule has 21 rings (SSSR count). The molecule has 19 unspecified atom stereocenters. The maximum atomic E-state index is 10.7. The number of rotatable bonds is 35. The van der Waals surface area contributed by atoms with Crippen LogP contribution in [0.1, 0.15) is 140 Å². The van der Waals surface area contributed by atoms with Crippen LogP contribution in [0, 0.1) is 23.7 Å². The molecule has 0 spiro atoms. The first kappa shape index (κ1) is 108. The SMILES string of the molecule is CC1C(O)[C@H](C)OC(COCc2ccccc2)[C@@H]1N=[N+]=[N-].CC1C(O[C@@H]2OCC3(COCc4ccccc4)O[C@@H](c4ccccc4)O[C@H]23)[C@H](OCc2ccccc2)CO[C@H]1O[C@H]1C(C)O[C@@H](C2(C)OC3C(C)[C@@H](N=[N+]=[N-])C(COCc4ccccc4)O[C@H]32)C2OC(C)(C)OC21.CC1C(O[C@@H]2OCC3(COCc4ccccc4)O[C@@H](c4ccccc4)O[C@H]23)[C@H](OCc2ccccc2)CO[C@H]1O[C@H]1C(C)O[C@@H](O)C2OC(C)(C)OC21. The van der Waals surface area contributed by atoms with E-state index in [0.717, 1.165) is 44.5 Å². The first-order valence-corrected chi connectivity index (χ1v) is 51.8. The van der Waals surface area contributed by atoms with Crippen LogP contribution in [-0.2, 0) is 168 Å². The summed E-state index contributed by atoms with van der Waals surface area (Å²) in [4.78, 5) is 6.05. The molecule has 13 fully saturated rings. The van der Waals surface area contributed by atoms with Gasteiger partial charge in [-0.3, -0.25) is 0 Å². The molecule has 2 N–H and O–H groups in total. The maximum Gasteiger partial charge on any atom is 0.187 e. The van der Waals surface area contributed by atoms with Gasteiger partial charge in [-0.05, 0) is 112 Å². The Morgan fingerprint density at radius 2 is 0.682 bits per heavy atom. The van der Waals surface area contributed by atoms with Gasteiger partial charge in [0.2, 0.25) is 0 Å². The molecule has 0 radical (unpaired) electrons. The smallest absolute Gasteiger partial charge is 0.187 e. The topological polar surface area (TPSA) is 387 Å². The van der Waals surface area contributed by atoms with Gasteiger partial charge >= 0.3 is 0 Å². The van der Waals surface area contributed by atoms with E-state index >= 15 is 0 Å². The van der Waals surface area contributed by atoms with Gasteiger partial charge in [-0.2, -0.15) is 0 Å². The molecule has 0 aromatic heterocycles. The standard InChI is InChI=1S/C57H69N3O14.C41H50O12.C15H21N3O3/c1-34-43(59-60-58)41(30-61-27-37-19-11-7-12-20-37)67-49-45(34)73-56(49,6)50-48-47(71-55(4,5)72-48)46(36(3)66-50)69-52-35(2)44(42(31-64-52)63-29-39-23-15-9-16-24-39)68-54-51-57(33-65-54,32-62-28-38-21-13-8-14-22-38)74-53(70-51)40-25-17-10-18-26-40;1-25-31(48-39-35-41(24-46-39,23-43-20-27-14-8-5-9-15-27)53-38(50-35)29-18-12-7-13-19-29)30(44-21-28-16-10-6-11-17-28)22-45-37(25)49-32-26(2)47-36(42)34-33(32)51-40(3,4)52-34;1-10-14(17-18-16)13(21-11(2)15(10)19)9-20-8-12-6-4-3-5-7-12/h7-26,34-36,41-54H,27-33H2,1-6H3;5-19,25-26,30-39,42H,20-24H2,1-4H3;3-7,10-11,13-15,19H,8-9H2,1-2H3/t34?,35?,36?,41?,42-,43-,44?,45?,46+,47?,48?,49-,50-,51-,52+,53+,54+,56?,57?;25?,26?,30-,31?,32+,33?,34?,35-,36-,37+,38+,39+,41?;10?,11-,13?,14+,15?/m110/s1. The van der Waals surface area contributed by atoms with Crippen LogP contribution < -0.4 is 0 Å². The van der Waals surface area contributed by atoms with Crippen molar-refractivity contribution in [1.29, 1.82) is 0 Å². The molecule has 13 aliphatic heterocycles. The van der Waals surface area contributed by atoms with E-state index in [2.05, 4.69) is 20.1 Å². The van der Waals surface area contributed by atoms with Crippen LogP contribution in [0.15, 0.2) is 253 Å². The van der Waals surface area contributed by atoms with E-state index in [-0.39, 0.29) is 82.3 Å². The zero-order valence-electron chi connectivity index (χ0n) is 85.7. The van der Waals surface area contributed by atoms with Crippen molar-refractivity contribution in [3.8, 4) is 0 Å². The van der Waals surface area contributed by atoms with Gasteiger partial charge in [0.25, 0.3) is 0 Å². The summed E-state index contributed by atoms with van der Waals surface area (Å²) < 4.78 is 176. The number of hydrogen-bond acceptors (Lipinski definition) is 31. The van der Waals surface area contributed by atoms with Crippen molar-refractivity contribution < 1.29 is 138 Å². The van der Waals surface area contributed by atoms with E-state index in [4.69, 9.17) is 133 Å². The largest absolute Gasteiger partial charge is 0.390 e. The molecular weight excluding hydrogens is 1910 g/mol. The summed E-state index contributed by atoms with van der Waals surface area (Å²) >= 11 is 0. The predicted molar refractivity (Wildman–Crippen MR) is 532 cm³/mol. The fraction of sp³-hybridized carbons (Fsp3) is 0.575. The Kier molecular flexibility index (Phi) is 35.1. The van der Waals surface area contributed by atoms with Crippen molar-refractivity contribution in [2.24, 2.45) is 33.9 Å². The molecule has 37 atom stereocenters. The van der Waals surface area contributed by atoms with E-state index < -0.39 is 200 Å². The molecular formula is C113H140N6O29. The lowest BCUT2D eigenvalue weighted by Crippen LogP contribution is -2.79. The van der Waals surface area contributed by atoms with Crippen LogP contribution >= 0.6 is 0 Å². The molecule has 0 saturated carbocycles. The molecule has 35 nitrogen and oxygen atoms in total. The average molecular weight is 2050 g/mol. The molecule has 148 heavy (non-hydrogen) atoms. The Balaban J connectivity index is 0.000000161. The summed E-state index contributed by atoms with van der Waals surface area (Å²) in [6, 6.07) is 78.6. The molecule has 0 bridgehead atoms. The fourth-order valence-corrected chi connectivity index (χ4v) is 22.5. The Morgan fingerprint density at radius 1 is 0.331 bits per heavy atom. The molecule has 13 heterocycles. The Hall–Kier alpha value is -8.78. The van der Waals surface area contributed by atoms with Crippen molar-refractivity contribution >= 4 is 0 Å². The van der Waals surface area contributed by atoms with Gasteiger partial charge in [0.15, 0.2) is 55.6 Å². The van der Waals surface area contributed by atoms with Crippen LogP contribution in [0.3, 0.4) is 0 Å². The highest BCUT2D eigenvalue weighted by atomic mass is 16.8. The van der Waals surface area contributed by atoms with Gasteiger partial charge in [-0.25, -0.2) is 0 Å². The number of aliphatic hydroxyl groups excluding tert-OH is 2. The summed E-state index contributed by atoms with van der Waals surface area (Å²) in [5.41, 5.74) is 23.5. The van der Waals surface area contributed by atoms with Crippen molar-refractivity contribution in [2.45, 2.75) is 335 Å². The van der Waals surface area contributed by atoms with E-state index in [1.165, 1.54) is 0 Å². The zero-order chi connectivity index (χ0) is 103. The van der Waals surface area contributed by atoms with E-state index in [1.807, 2.05) is 326 Å². The summed E-state index contributed by atoms with van der Waals surface area (Å²) in [5.74, 6) is -2.97. The quantitative estimate of drug-likeness (QED) is 0.0212. The Labute approximate surface area is 863 Å². The maximum absolute atomic E-state index is 10.7. The Bertz CT molecular complexity index is 5580. The first-order chi connectivity index (χ1) is 71.7. The lowest BCUT2D eigenvalue weighted by atomic mass is 9.70. The van der Waals surface area contributed by atoms with Crippen molar-refractivity contribution in [3.63, 3.8) is 0 Å². The number of azide groups is 2. The second kappa shape index (κ2) is 48.3. The summed E-state index contributed by atoms with van der Waals surface area (Å²) in [5, 5.41) is 28.6. The third-order valence-corrected chi connectivity index (χ3v) is 30.3. The molecule has 13 saturated heterocycles. The number of nitrogens with zero attached hydrogens (tertiary/aromatic N) is 6. The second-order valence-corrected chi connectivity index (χ2v) is 41.9. The summed E-state index contributed by atoms with van der Waals surface area (Å²) in [6.07, 6.45) is -16.9. The van der Waals surface area contributed by atoms with Gasteiger partial charge in [0, 0.05) is 32.8 Å². The molecule has 796 valence electrons. The number of hydrogen-bond donors (Lipinski definition) is 2. The average Bonchev–Trinajstić information content (AvgIpc) is 1.15. The molecule has 0 aliphatic carbocycles. The van der Waals surface area contributed by atoms with Gasteiger partial charge < -0.3 is 138 Å². The fourth-order valence-electron chi connectivity index (χ4n) is 22.5. The summed E-state index contributed by atoms with van der Waals surface area (Å²) in [7, 11) is 0. The molecule has 0 amide bonds. The number of aliphatic hydroxyl groups is 2. The zero-order valence-corrected chi connectivity index (χ0v) is 85.7. The number of ether oxygens (including phenoxy) is 27. The molecule has 8 aromatic rings. The minimum Gasteiger partial charge on any atom is -0.390 e. The van der Waals surface area contributed by atoms with Crippen molar-refractivity contribution in [1.82, 2.24) is 0 Å². The van der Waals surface area contributed by atoms with E-state index in [9.17, 15) is 15.7 Å². The minimum atomic E-state index is -1.14. The predicted octanol–water partition coefficient (Wildman–Crippen LogP) is 16.2. The van der Waals surface area contributed by atoms with Crippen LogP contribution in [0.4, 0.5) is 0 Å². The molecule has 35 heteroatoms. The van der Waals surface area contributed by atoms with Crippen LogP contribution in [0.2, 0.25) is 0 Å². The monoisotopic (exact) mass is 2040 g/mol. The van der Waals surface area contributed by atoms with Crippen molar-refractivity contribution in [3.05, 3.63) is 308 Å². The highest BCUT2D eigenvalue weighted by Gasteiger charge is 2.71. The van der Waals surface area contributed by atoms with E-state index in [0.29, 0.717) is 46.2 Å². The lowest BCUT2D eigenvalue weighted by molar-refractivity contribution is -0.395. The minimum absolute atomic E-state index is 0.157. The second-order valence-electron chi connectivity index (χ2n) is 41.9. The highest BCUT2D eigenvalue weighted by Crippen LogP contribution is 2.55. The summed E-state index contributed by atoms with van der Waals surface area (Å²) in [6.45, 7) is 27.2. The van der Waals surface area contributed by atoms with Gasteiger partial charge in [0.1, 0.15) is 90.1 Å². The molecule has 8 aromatic carbocycles. The lowest BCUT2D eigenvalue weighted by Gasteiger charge is -2.63. The number of benzene rings is 8. The van der Waals surface area contributed by atoms with Gasteiger partial charge in [-0.15, -0.1) is 0 Å². The first-order valence-electron chi connectivity index (χ1n) is 51.8. The Morgan fingerprint density at radius 3 is 1.10 bits per heavy atom. The van der Waals surface area contributed by atoms with E-state index in [1.54, 1.807) is 0 Å². The van der Waals surface area contributed by atoms with Crippen LogP contribution in [-0.4, -0.2) is 263 Å². The van der Waals surface area contributed by atoms with Gasteiger partial charge in [0.05, 0.1) is 160 Å². The normalized spacial score (nSPS) is 38.6. The number of fused-ring (bicyclic) bond motifs is 5. The third-order valence-electron chi connectivity index (χ3n) is 30.3. The van der Waals surface area contributed by atoms with Crippen LogP contribution in [0.5, 0.6) is 0 Å². The third kappa shape index (κ3) is 24.5.